The van der Waals surface area contributed by atoms with Gasteiger partial charge in [-0.15, -0.1) is 0 Å². The van der Waals surface area contributed by atoms with Gasteiger partial charge in [-0.1, -0.05) is 24.8 Å². The quantitative estimate of drug-likeness (QED) is 0.234. The van der Waals surface area contributed by atoms with E-state index in [4.69, 9.17) is 18.9 Å². The molecule has 0 aliphatic heterocycles. The van der Waals surface area contributed by atoms with Crippen LogP contribution in [0, 0.1) is 0 Å². The van der Waals surface area contributed by atoms with E-state index in [9.17, 15) is 0 Å². The lowest BCUT2D eigenvalue weighted by atomic mass is 10.4. The Kier molecular flexibility index (Phi) is 21.1. The maximum absolute atomic E-state index is 4.92. The molecule has 6 heteroatoms. The van der Waals surface area contributed by atoms with Gasteiger partial charge in [-0.2, -0.15) is 0 Å². The van der Waals surface area contributed by atoms with Gasteiger partial charge in [-0.05, 0) is 19.1 Å². The van der Waals surface area contributed by atoms with Gasteiger partial charge in [-0.3, -0.25) is 0 Å². The standard InChI is InChI=1S/C9H14O3.C8H12O3/c1-9(2)4-5-11-8-12-7-6-10-3;1-3-4-5-10-8-11-7-6-9-2/h4-7H,1,8H2,2-3H3;3-7H,1,8H2,2H3. The number of allylic oxidation sites excluding steroid dienone is 4. The van der Waals surface area contributed by atoms with Gasteiger partial charge in [0.15, 0.2) is 0 Å². The molecule has 0 spiro atoms. The zero-order valence-corrected chi connectivity index (χ0v) is 14.0. The molecule has 23 heavy (non-hydrogen) atoms. The normalized spacial score (nSPS) is 10.4. The predicted octanol–water partition coefficient (Wildman–Crippen LogP) is 3.98. The molecule has 0 bridgehead atoms. The molecule has 0 radical (unpaired) electrons. The van der Waals surface area contributed by atoms with E-state index in [0.29, 0.717) is 0 Å². The number of rotatable bonds is 12. The van der Waals surface area contributed by atoms with Gasteiger partial charge in [0, 0.05) is 0 Å². The van der Waals surface area contributed by atoms with E-state index in [2.05, 4.69) is 22.6 Å². The van der Waals surface area contributed by atoms with Crippen LogP contribution in [0.15, 0.2) is 74.5 Å². The van der Waals surface area contributed by atoms with Crippen LogP contribution in [0.5, 0.6) is 0 Å². The van der Waals surface area contributed by atoms with E-state index in [0.717, 1.165) is 5.57 Å². The molecule has 0 aromatic rings. The van der Waals surface area contributed by atoms with Gasteiger partial charge in [0.25, 0.3) is 0 Å². The van der Waals surface area contributed by atoms with Crippen LogP contribution in [0.4, 0.5) is 0 Å². The largest absolute Gasteiger partial charge is 0.501 e. The highest BCUT2D eigenvalue weighted by molar-refractivity contribution is 5.08. The predicted molar refractivity (Wildman–Crippen MR) is 89.7 cm³/mol. The van der Waals surface area contributed by atoms with Crippen molar-refractivity contribution in [2.24, 2.45) is 0 Å². The SMILES string of the molecule is C=C(C)C=COCOC=COC.C=CC=COCOC=COC. The first-order valence-corrected chi connectivity index (χ1v) is 6.60. The zero-order chi connectivity index (χ0) is 17.6. The lowest BCUT2D eigenvalue weighted by molar-refractivity contribution is 0.0418. The number of hydrogen-bond donors (Lipinski definition) is 0. The van der Waals surface area contributed by atoms with Crippen molar-refractivity contribution in [2.45, 2.75) is 6.92 Å². The molecule has 0 heterocycles. The summed E-state index contributed by atoms with van der Waals surface area (Å²) in [5.74, 6) is 0. The maximum atomic E-state index is 4.92. The topological polar surface area (TPSA) is 55.4 Å². The van der Waals surface area contributed by atoms with Crippen molar-refractivity contribution < 1.29 is 28.4 Å². The Morgan fingerprint density at radius 3 is 1.70 bits per heavy atom. The average Bonchev–Trinajstić information content (AvgIpc) is 2.54. The second kappa shape index (κ2) is 21.5. The molecule has 0 amide bonds. The smallest absolute Gasteiger partial charge is 0.229 e. The number of hydrogen-bond acceptors (Lipinski definition) is 6. The van der Waals surface area contributed by atoms with E-state index < -0.39 is 0 Å². The Balaban J connectivity index is 0. The number of ether oxygens (including phenoxy) is 6. The Morgan fingerprint density at radius 1 is 0.783 bits per heavy atom. The van der Waals surface area contributed by atoms with Crippen molar-refractivity contribution >= 4 is 0 Å². The van der Waals surface area contributed by atoms with Crippen molar-refractivity contribution in [3.8, 4) is 0 Å². The molecular formula is C17H26O6. The van der Waals surface area contributed by atoms with E-state index in [1.807, 2.05) is 6.92 Å². The molecule has 0 atom stereocenters. The van der Waals surface area contributed by atoms with Gasteiger partial charge >= 0.3 is 0 Å². The summed E-state index contributed by atoms with van der Waals surface area (Å²) >= 11 is 0. The summed E-state index contributed by atoms with van der Waals surface area (Å²) in [4.78, 5) is 0. The Morgan fingerprint density at radius 2 is 1.26 bits per heavy atom. The first-order valence-electron chi connectivity index (χ1n) is 6.60. The monoisotopic (exact) mass is 326 g/mol. The second-order valence-electron chi connectivity index (χ2n) is 3.63. The van der Waals surface area contributed by atoms with Crippen LogP contribution in [0.25, 0.3) is 0 Å². The van der Waals surface area contributed by atoms with Gasteiger partial charge in [0.05, 0.1) is 26.7 Å². The van der Waals surface area contributed by atoms with Crippen molar-refractivity contribution in [2.75, 3.05) is 27.8 Å². The molecule has 0 fully saturated rings. The van der Waals surface area contributed by atoms with Crippen LogP contribution < -0.4 is 0 Å². The molecule has 0 unspecified atom stereocenters. The van der Waals surface area contributed by atoms with Crippen molar-refractivity contribution in [1.82, 2.24) is 0 Å². The fraction of sp³-hybridized carbons (Fsp3) is 0.294. The summed E-state index contributed by atoms with van der Waals surface area (Å²) < 4.78 is 28.6. The fourth-order valence-electron chi connectivity index (χ4n) is 0.701. The summed E-state index contributed by atoms with van der Waals surface area (Å²) in [6.45, 7) is 9.35. The highest BCUT2D eigenvalue weighted by Gasteiger charge is 1.77. The summed E-state index contributed by atoms with van der Waals surface area (Å²) in [7, 11) is 3.08. The summed E-state index contributed by atoms with van der Waals surface area (Å²) in [6, 6.07) is 0. The van der Waals surface area contributed by atoms with Crippen LogP contribution in [-0.4, -0.2) is 27.8 Å². The molecule has 0 N–H and O–H groups in total. The third-order valence-electron chi connectivity index (χ3n) is 1.61. The van der Waals surface area contributed by atoms with Crippen molar-refractivity contribution in [1.29, 1.82) is 0 Å². The molecule has 0 saturated heterocycles. The van der Waals surface area contributed by atoms with E-state index >= 15 is 0 Å². The molecule has 0 aliphatic rings. The average molecular weight is 326 g/mol. The van der Waals surface area contributed by atoms with Crippen molar-refractivity contribution in [3.63, 3.8) is 0 Å². The van der Waals surface area contributed by atoms with Gasteiger partial charge in [0.2, 0.25) is 13.6 Å². The first-order chi connectivity index (χ1) is 11.2. The molecule has 0 aliphatic carbocycles. The molecule has 0 rings (SSSR count). The Labute approximate surface area is 138 Å². The fourth-order valence-corrected chi connectivity index (χ4v) is 0.701. The minimum Gasteiger partial charge on any atom is -0.501 e. The van der Waals surface area contributed by atoms with E-state index in [-0.39, 0.29) is 13.6 Å². The molecule has 130 valence electrons. The highest BCUT2D eigenvalue weighted by Crippen LogP contribution is 1.90. The maximum Gasteiger partial charge on any atom is 0.229 e. The summed E-state index contributed by atoms with van der Waals surface area (Å²) in [5, 5.41) is 0. The molecule has 0 aromatic heterocycles. The molecule has 0 aromatic carbocycles. The second-order valence-corrected chi connectivity index (χ2v) is 3.63. The van der Waals surface area contributed by atoms with Crippen LogP contribution in [-0.2, 0) is 28.4 Å². The third kappa shape index (κ3) is 28.2. The number of methoxy groups -OCH3 is 2. The lowest BCUT2D eigenvalue weighted by Crippen LogP contribution is -1.88. The van der Waals surface area contributed by atoms with Crippen LogP contribution in [0.3, 0.4) is 0 Å². The van der Waals surface area contributed by atoms with E-state index in [1.54, 1.807) is 32.4 Å². The molecule has 0 saturated carbocycles. The van der Waals surface area contributed by atoms with E-state index in [1.165, 1.54) is 37.6 Å². The highest BCUT2D eigenvalue weighted by atomic mass is 16.7. The minimum atomic E-state index is 0.170. The zero-order valence-electron chi connectivity index (χ0n) is 14.0. The molecule has 6 nitrogen and oxygen atoms in total. The van der Waals surface area contributed by atoms with Gasteiger partial charge in [0.1, 0.15) is 25.0 Å². The van der Waals surface area contributed by atoms with Crippen molar-refractivity contribution in [3.05, 3.63) is 74.5 Å². The Hall–Kier alpha value is -2.76. The summed E-state index contributed by atoms with van der Waals surface area (Å²) in [5.41, 5.74) is 0.933. The summed E-state index contributed by atoms with van der Waals surface area (Å²) in [6.07, 6.45) is 13.7. The van der Waals surface area contributed by atoms with Crippen LogP contribution in [0.1, 0.15) is 6.92 Å². The van der Waals surface area contributed by atoms with Crippen LogP contribution in [0.2, 0.25) is 0 Å². The van der Waals surface area contributed by atoms with Crippen LogP contribution >= 0.6 is 0 Å². The molecular weight excluding hydrogens is 300 g/mol. The third-order valence-corrected chi connectivity index (χ3v) is 1.61. The first kappa shape index (κ1) is 22.5. The van der Waals surface area contributed by atoms with Gasteiger partial charge < -0.3 is 28.4 Å². The Bertz CT molecular complexity index is 383. The lowest BCUT2D eigenvalue weighted by Gasteiger charge is -1.98. The minimum absolute atomic E-state index is 0.170. The van der Waals surface area contributed by atoms with Gasteiger partial charge in [-0.25, -0.2) is 0 Å².